The van der Waals surface area contributed by atoms with Crippen molar-refractivity contribution in [2.45, 2.75) is 39.7 Å². The molecule has 0 aliphatic carbocycles. The lowest BCUT2D eigenvalue weighted by molar-refractivity contribution is 0.196. The molecule has 0 heterocycles. The summed E-state index contributed by atoms with van der Waals surface area (Å²) in [5, 5.41) is 3.63. The van der Waals surface area contributed by atoms with E-state index in [1.807, 2.05) is 29.2 Å². The first kappa shape index (κ1) is 15.8. The summed E-state index contributed by atoms with van der Waals surface area (Å²) in [7, 11) is 0. The van der Waals surface area contributed by atoms with Crippen molar-refractivity contribution >= 4 is 17.6 Å². The fourth-order valence-electron chi connectivity index (χ4n) is 1.86. The Morgan fingerprint density at radius 1 is 1.21 bits per heavy atom. The molecule has 1 aromatic carbocycles. The number of carbonyl (C=O) groups is 1. The summed E-state index contributed by atoms with van der Waals surface area (Å²) in [6.07, 6.45) is 3.11. The van der Waals surface area contributed by atoms with Gasteiger partial charge in [0.2, 0.25) is 0 Å². The highest BCUT2D eigenvalue weighted by atomic mass is 35.5. The molecule has 0 aromatic heterocycles. The summed E-state index contributed by atoms with van der Waals surface area (Å²) in [5.74, 6) is 0. The number of hydrogen-bond donors (Lipinski definition) is 1. The van der Waals surface area contributed by atoms with Crippen molar-refractivity contribution in [2.24, 2.45) is 0 Å². The van der Waals surface area contributed by atoms with Gasteiger partial charge in [-0.3, -0.25) is 0 Å². The lowest BCUT2D eigenvalue weighted by Gasteiger charge is -2.22. The van der Waals surface area contributed by atoms with Crippen molar-refractivity contribution in [3.8, 4) is 0 Å². The molecule has 0 atom stereocenters. The summed E-state index contributed by atoms with van der Waals surface area (Å²) in [6, 6.07) is 7.57. The van der Waals surface area contributed by atoms with Crippen molar-refractivity contribution in [2.75, 3.05) is 13.1 Å². The van der Waals surface area contributed by atoms with E-state index in [9.17, 15) is 4.79 Å². The highest BCUT2D eigenvalue weighted by Gasteiger charge is 2.11. The third-order valence-corrected chi connectivity index (χ3v) is 3.32. The molecule has 0 aliphatic rings. The summed E-state index contributed by atoms with van der Waals surface area (Å²) in [4.78, 5) is 14.0. The first-order valence-corrected chi connectivity index (χ1v) is 7.33. The largest absolute Gasteiger partial charge is 0.334 e. The van der Waals surface area contributed by atoms with E-state index in [1.54, 1.807) is 0 Å². The fraction of sp³-hybridized carbons (Fsp3) is 0.533. The number of nitrogens with zero attached hydrogens (tertiary/aromatic N) is 1. The minimum atomic E-state index is -0.00443. The molecule has 0 saturated heterocycles. The second-order valence-corrected chi connectivity index (χ2v) is 5.00. The van der Waals surface area contributed by atoms with Gasteiger partial charge in [-0.05, 0) is 24.5 Å². The zero-order valence-electron chi connectivity index (χ0n) is 11.8. The van der Waals surface area contributed by atoms with Crippen LogP contribution in [0.3, 0.4) is 0 Å². The van der Waals surface area contributed by atoms with Gasteiger partial charge in [0, 0.05) is 24.7 Å². The highest BCUT2D eigenvalue weighted by molar-refractivity contribution is 6.31. The summed E-state index contributed by atoms with van der Waals surface area (Å²) >= 11 is 6.07. The predicted molar refractivity (Wildman–Crippen MR) is 80.5 cm³/mol. The van der Waals surface area contributed by atoms with Crippen molar-refractivity contribution in [1.82, 2.24) is 10.2 Å². The first-order chi connectivity index (χ1) is 9.19. The van der Waals surface area contributed by atoms with E-state index in [4.69, 9.17) is 11.6 Å². The van der Waals surface area contributed by atoms with E-state index in [0.29, 0.717) is 11.6 Å². The molecule has 4 heteroatoms. The number of benzene rings is 1. The molecule has 106 valence electrons. The van der Waals surface area contributed by atoms with Crippen LogP contribution < -0.4 is 5.32 Å². The van der Waals surface area contributed by atoms with Gasteiger partial charge in [0.1, 0.15) is 0 Å². The smallest absolute Gasteiger partial charge is 0.317 e. The average Bonchev–Trinajstić information content (AvgIpc) is 2.42. The highest BCUT2D eigenvalue weighted by Crippen LogP contribution is 2.14. The number of hydrogen-bond acceptors (Lipinski definition) is 1. The Kier molecular flexibility index (Phi) is 7.34. The van der Waals surface area contributed by atoms with Crippen LogP contribution in [0, 0.1) is 0 Å². The SMILES string of the molecule is CCCCN(CCC)C(=O)NCc1ccccc1Cl. The van der Waals surface area contributed by atoms with Crippen LogP contribution in [0.25, 0.3) is 0 Å². The van der Waals surface area contributed by atoms with Crippen molar-refractivity contribution < 1.29 is 4.79 Å². The number of halogens is 1. The van der Waals surface area contributed by atoms with E-state index in [2.05, 4.69) is 19.2 Å². The maximum absolute atomic E-state index is 12.1. The average molecular weight is 283 g/mol. The molecule has 0 bridgehead atoms. The maximum Gasteiger partial charge on any atom is 0.317 e. The van der Waals surface area contributed by atoms with E-state index in [1.165, 1.54) is 0 Å². The quantitative estimate of drug-likeness (QED) is 0.803. The Labute approximate surface area is 120 Å². The van der Waals surface area contributed by atoms with Crippen molar-refractivity contribution in [3.05, 3.63) is 34.9 Å². The number of carbonyl (C=O) groups excluding carboxylic acids is 1. The Balaban J connectivity index is 2.50. The van der Waals surface area contributed by atoms with E-state index in [0.717, 1.165) is 37.9 Å². The van der Waals surface area contributed by atoms with Gasteiger partial charge >= 0.3 is 6.03 Å². The van der Waals surface area contributed by atoms with Crippen LogP contribution in [0.4, 0.5) is 4.79 Å². The molecule has 0 radical (unpaired) electrons. The van der Waals surface area contributed by atoms with Gasteiger partial charge in [0.05, 0.1) is 0 Å². The molecule has 3 nitrogen and oxygen atoms in total. The third-order valence-electron chi connectivity index (χ3n) is 2.95. The van der Waals surface area contributed by atoms with Crippen LogP contribution in [-0.2, 0) is 6.54 Å². The van der Waals surface area contributed by atoms with Gasteiger partial charge < -0.3 is 10.2 Å². The second-order valence-electron chi connectivity index (χ2n) is 4.59. The third kappa shape index (κ3) is 5.52. The lowest BCUT2D eigenvalue weighted by Crippen LogP contribution is -2.40. The van der Waals surface area contributed by atoms with E-state index in [-0.39, 0.29) is 6.03 Å². The molecular weight excluding hydrogens is 260 g/mol. The molecule has 1 N–H and O–H groups in total. The van der Waals surface area contributed by atoms with Crippen LogP contribution in [0.1, 0.15) is 38.7 Å². The van der Waals surface area contributed by atoms with Crippen LogP contribution >= 0.6 is 11.6 Å². The molecule has 2 amide bonds. The van der Waals surface area contributed by atoms with Crippen molar-refractivity contribution in [1.29, 1.82) is 0 Å². The summed E-state index contributed by atoms with van der Waals surface area (Å²) in [5.41, 5.74) is 0.949. The van der Waals surface area contributed by atoms with Crippen LogP contribution in [0.2, 0.25) is 5.02 Å². The zero-order valence-corrected chi connectivity index (χ0v) is 12.5. The Morgan fingerprint density at radius 2 is 1.95 bits per heavy atom. The maximum atomic E-state index is 12.1. The standard InChI is InChI=1S/C15H23ClN2O/c1-3-5-11-18(10-4-2)15(19)17-12-13-8-6-7-9-14(13)16/h6-9H,3-5,10-12H2,1-2H3,(H,17,19). The number of nitrogens with one attached hydrogen (secondary N) is 1. The molecule has 0 aliphatic heterocycles. The van der Waals surface area contributed by atoms with Gasteiger partial charge in [-0.15, -0.1) is 0 Å². The van der Waals surface area contributed by atoms with Crippen LogP contribution in [0.15, 0.2) is 24.3 Å². The fourth-order valence-corrected chi connectivity index (χ4v) is 2.06. The molecule has 0 saturated carbocycles. The van der Waals surface area contributed by atoms with Gasteiger partial charge in [0.25, 0.3) is 0 Å². The molecule has 1 rings (SSSR count). The molecular formula is C15H23ClN2O. The minimum absolute atomic E-state index is 0.00443. The number of unbranched alkanes of at least 4 members (excludes halogenated alkanes) is 1. The van der Waals surface area contributed by atoms with Gasteiger partial charge in [0.15, 0.2) is 0 Å². The monoisotopic (exact) mass is 282 g/mol. The Hall–Kier alpha value is -1.22. The zero-order chi connectivity index (χ0) is 14.1. The van der Waals surface area contributed by atoms with Crippen LogP contribution in [0.5, 0.6) is 0 Å². The minimum Gasteiger partial charge on any atom is -0.334 e. The van der Waals surface area contributed by atoms with Gasteiger partial charge in [-0.2, -0.15) is 0 Å². The summed E-state index contributed by atoms with van der Waals surface area (Å²) < 4.78 is 0. The van der Waals surface area contributed by atoms with E-state index >= 15 is 0 Å². The van der Waals surface area contributed by atoms with Crippen molar-refractivity contribution in [3.63, 3.8) is 0 Å². The number of urea groups is 1. The number of amides is 2. The van der Waals surface area contributed by atoms with E-state index < -0.39 is 0 Å². The van der Waals surface area contributed by atoms with Crippen LogP contribution in [-0.4, -0.2) is 24.0 Å². The van der Waals surface area contributed by atoms with Gasteiger partial charge in [-0.25, -0.2) is 4.79 Å². The number of rotatable bonds is 7. The molecule has 1 aromatic rings. The normalized spacial score (nSPS) is 10.3. The predicted octanol–water partition coefficient (Wildman–Crippen LogP) is 4.06. The Bertz CT molecular complexity index is 395. The molecule has 0 unspecified atom stereocenters. The Morgan fingerprint density at radius 3 is 2.58 bits per heavy atom. The molecule has 0 fully saturated rings. The first-order valence-electron chi connectivity index (χ1n) is 6.95. The lowest BCUT2D eigenvalue weighted by atomic mass is 10.2. The molecule has 0 spiro atoms. The summed E-state index contributed by atoms with van der Waals surface area (Å²) in [6.45, 7) is 6.31. The molecule has 19 heavy (non-hydrogen) atoms. The topological polar surface area (TPSA) is 32.3 Å². The van der Waals surface area contributed by atoms with Gasteiger partial charge in [-0.1, -0.05) is 50.1 Å². The second kappa shape index (κ2) is 8.81.